The van der Waals surface area contributed by atoms with E-state index in [0.717, 1.165) is 6.07 Å². The molecule has 0 amide bonds. The van der Waals surface area contributed by atoms with Gasteiger partial charge in [0.25, 0.3) is 0 Å². The summed E-state index contributed by atoms with van der Waals surface area (Å²) in [4.78, 5) is 3.63. The fourth-order valence-electron chi connectivity index (χ4n) is 0.950. The Bertz CT molecular complexity index is 441. The van der Waals surface area contributed by atoms with Crippen LogP contribution in [0.3, 0.4) is 0 Å². The Morgan fingerprint density at radius 3 is 2.62 bits per heavy atom. The first kappa shape index (κ1) is 12.4. The lowest BCUT2D eigenvalue weighted by Crippen LogP contribution is -2.19. The average molecular weight is 252 g/mol. The van der Waals surface area contributed by atoms with E-state index in [0.29, 0.717) is 0 Å². The second kappa shape index (κ2) is 4.45. The van der Waals surface area contributed by atoms with Crippen molar-refractivity contribution >= 4 is 17.3 Å². The zero-order valence-corrected chi connectivity index (χ0v) is 8.43. The van der Waals surface area contributed by atoms with Crippen molar-refractivity contribution in [2.45, 2.75) is 12.2 Å². The van der Waals surface area contributed by atoms with Gasteiger partial charge >= 0.3 is 6.36 Å². The number of rotatable bonds is 2. The van der Waals surface area contributed by atoms with Crippen LogP contribution in [-0.4, -0.2) is 11.3 Å². The lowest BCUT2D eigenvalue weighted by atomic mass is 10.2. The molecule has 16 heavy (non-hydrogen) atoms. The Labute approximate surface area is 93.4 Å². The Hall–Kier alpha value is -1.68. The molecular weight excluding hydrogens is 247 g/mol. The van der Waals surface area contributed by atoms with E-state index < -0.39 is 12.1 Å². The van der Waals surface area contributed by atoms with Crippen LogP contribution in [0.1, 0.15) is 11.4 Å². The molecule has 0 atom stereocenters. The van der Waals surface area contributed by atoms with Crippen LogP contribution in [0.5, 0.6) is 5.75 Å². The SMILES string of the molecule is N#Cc1cc(OC(F)(F)F)c(N)c(CCl)n1. The molecule has 0 bridgehead atoms. The first-order valence-electron chi connectivity index (χ1n) is 3.88. The van der Waals surface area contributed by atoms with E-state index in [4.69, 9.17) is 22.6 Å². The number of nitriles is 1. The Balaban J connectivity index is 3.23. The zero-order valence-electron chi connectivity index (χ0n) is 7.68. The Morgan fingerprint density at radius 1 is 1.56 bits per heavy atom. The highest BCUT2D eigenvalue weighted by molar-refractivity contribution is 6.17. The normalized spacial score (nSPS) is 10.9. The monoisotopic (exact) mass is 251 g/mol. The third-order valence-electron chi connectivity index (χ3n) is 1.57. The van der Waals surface area contributed by atoms with Gasteiger partial charge in [0.2, 0.25) is 0 Å². The molecule has 0 unspecified atom stereocenters. The number of pyridine rings is 1. The summed E-state index contributed by atoms with van der Waals surface area (Å²) in [5.41, 5.74) is 4.74. The number of nitrogens with two attached hydrogens (primary N) is 1. The number of halogens is 4. The standard InChI is InChI=1S/C8H5ClF3N3O/c9-2-5-7(14)6(16-8(10,11)12)1-4(3-13)15-5/h1H,2,14H2. The van der Waals surface area contributed by atoms with Crippen molar-refractivity contribution < 1.29 is 17.9 Å². The van der Waals surface area contributed by atoms with Gasteiger partial charge in [0.05, 0.1) is 17.3 Å². The largest absolute Gasteiger partial charge is 0.573 e. The molecule has 0 spiro atoms. The summed E-state index contributed by atoms with van der Waals surface area (Å²) in [6.07, 6.45) is -4.88. The van der Waals surface area contributed by atoms with Crippen LogP contribution in [0.15, 0.2) is 6.07 Å². The number of ether oxygens (including phenoxy) is 1. The number of hydrogen-bond donors (Lipinski definition) is 1. The van der Waals surface area contributed by atoms with E-state index in [-0.39, 0.29) is 23.0 Å². The van der Waals surface area contributed by atoms with Crippen LogP contribution in [0.2, 0.25) is 0 Å². The van der Waals surface area contributed by atoms with Gasteiger partial charge in [-0.15, -0.1) is 24.8 Å². The topological polar surface area (TPSA) is 71.9 Å². The Morgan fingerprint density at radius 2 is 2.19 bits per heavy atom. The molecule has 8 heteroatoms. The molecule has 0 fully saturated rings. The molecule has 0 radical (unpaired) electrons. The molecule has 0 aliphatic rings. The van der Waals surface area contributed by atoms with Crippen molar-refractivity contribution in [3.05, 3.63) is 17.5 Å². The number of hydrogen-bond acceptors (Lipinski definition) is 4. The quantitative estimate of drug-likeness (QED) is 0.818. The first-order valence-corrected chi connectivity index (χ1v) is 4.42. The summed E-state index contributed by atoms with van der Waals surface area (Å²) >= 11 is 5.42. The lowest BCUT2D eigenvalue weighted by Gasteiger charge is -2.12. The van der Waals surface area contributed by atoms with Crippen LogP contribution >= 0.6 is 11.6 Å². The molecule has 0 aliphatic heterocycles. The van der Waals surface area contributed by atoms with Crippen molar-refractivity contribution in [3.63, 3.8) is 0 Å². The lowest BCUT2D eigenvalue weighted by molar-refractivity contribution is -0.274. The molecule has 4 nitrogen and oxygen atoms in total. The van der Waals surface area contributed by atoms with Crippen molar-refractivity contribution in [1.29, 1.82) is 5.26 Å². The molecule has 0 aromatic carbocycles. The summed E-state index contributed by atoms with van der Waals surface area (Å²) in [5.74, 6) is -0.884. The third-order valence-corrected chi connectivity index (χ3v) is 1.82. The van der Waals surface area contributed by atoms with E-state index in [2.05, 4.69) is 9.72 Å². The molecule has 1 aromatic rings. The molecule has 1 rings (SSSR count). The second-order valence-corrected chi connectivity index (χ2v) is 2.93. The van der Waals surface area contributed by atoms with Gasteiger partial charge in [0.1, 0.15) is 11.8 Å². The van der Waals surface area contributed by atoms with Gasteiger partial charge in [-0.25, -0.2) is 4.98 Å². The molecule has 0 aliphatic carbocycles. The summed E-state index contributed by atoms with van der Waals surface area (Å²) in [5, 5.41) is 8.54. The summed E-state index contributed by atoms with van der Waals surface area (Å²) < 4.78 is 39.6. The number of nitrogens with zero attached hydrogens (tertiary/aromatic N) is 2. The fourth-order valence-corrected chi connectivity index (χ4v) is 1.15. The minimum absolute atomic E-state index is 0.0278. The average Bonchev–Trinajstić information content (AvgIpc) is 2.19. The van der Waals surface area contributed by atoms with Crippen LogP contribution < -0.4 is 10.5 Å². The van der Waals surface area contributed by atoms with Crippen molar-refractivity contribution in [2.24, 2.45) is 0 Å². The third kappa shape index (κ3) is 2.90. The fraction of sp³-hybridized carbons (Fsp3) is 0.250. The van der Waals surface area contributed by atoms with Crippen LogP contribution in [-0.2, 0) is 5.88 Å². The molecule has 0 saturated carbocycles. The second-order valence-electron chi connectivity index (χ2n) is 2.66. The summed E-state index contributed by atoms with van der Waals surface area (Å²) in [7, 11) is 0. The summed E-state index contributed by atoms with van der Waals surface area (Å²) in [6, 6.07) is 2.39. The molecule has 1 heterocycles. The van der Waals surface area contributed by atoms with Crippen LogP contribution in [0.25, 0.3) is 0 Å². The molecule has 0 saturated heterocycles. The number of nitrogen functional groups attached to an aromatic ring is 1. The highest BCUT2D eigenvalue weighted by Crippen LogP contribution is 2.31. The van der Waals surface area contributed by atoms with Crippen molar-refractivity contribution in [1.82, 2.24) is 4.98 Å². The van der Waals surface area contributed by atoms with E-state index in [1.165, 1.54) is 0 Å². The predicted octanol–water partition coefficient (Wildman–Crippen LogP) is 2.17. The van der Waals surface area contributed by atoms with E-state index in [1.54, 1.807) is 6.07 Å². The van der Waals surface area contributed by atoms with Crippen molar-refractivity contribution in [3.8, 4) is 11.8 Å². The van der Waals surface area contributed by atoms with Crippen molar-refractivity contribution in [2.75, 3.05) is 5.73 Å². The van der Waals surface area contributed by atoms with Gasteiger partial charge in [-0.2, -0.15) is 5.26 Å². The number of aromatic nitrogens is 1. The first-order chi connectivity index (χ1) is 7.37. The maximum atomic E-state index is 12.0. The summed E-state index contributed by atoms with van der Waals surface area (Å²) in [6.45, 7) is 0. The molecule has 2 N–H and O–H groups in total. The molecular formula is C8H5ClF3N3O. The van der Waals surface area contributed by atoms with Gasteiger partial charge in [0, 0.05) is 6.07 Å². The maximum Gasteiger partial charge on any atom is 0.573 e. The van der Waals surface area contributed by atoms with Gasteiger partial charge in [0.15, 0.2) is 5.75 Å². The minimum Gasteiger partial charge on any atom is -0.403 e. The maximum absolute atomic E-state index is 12.0. The van der Waals surface area contributed by atoms with Gasteiger partial charge < -0.3 is 10.5 Å². The smallest absolute Gasteiger partial charge is 0.403 e. The number of alkyl halides is 4. The van der Waals surface area contributed by atoms with E-state index >= 15 is 0 Å². The highest BCUT2D eigenvalue weighted by atomic mass is 35.5. The van der Waals surface area contributed by atoms with Gasteiger partial charge in [-0.1, -0.05) is 0 Å². The number of anilines is 1. The zero-order chi connectivity index (χ0) is 12.3. The molecule has 86 valence electrons. The predicted molar refractivity (Wildman–Crippen MR) is 49.6 cm³/mol. The van der Waals surface area contributed by atoms with E-state index in [9.17, 15) is 13.2 Å². The minimum atomic E-state index is -4.88. The van der Waals surface area contributed by atoms with Gasteiger partial charge in [-0.3, -0.25) is 0 Å². The van der Waals surface area contributed by atoms with Crippen LogP contribution in [0.4, 0.5) is 18.9 Å². The van der Waals surface area contributed by atoms with Crippen LogP contribution in [0, 0.1) is 11.3 Å². The Kier molecular flexibility index (Phi) is 3.44. The highest BCUT2D eigenvalue weighted by Gasteiger charge is 2.32. The van der Waals surface area contributed by atoms with E-state index in [1.807, 2.05) is 0 Å². The molecule has 1 aromatic heterocycles. The van der Waals surface area contributed by atoms with Gasteiger partial charge in [-0.05, 0) is 0 Å².